The van der Waals surface area contributed by atoms with E-state index in [0.29, 0.717) is 6.04 Å². The summed E-state index contributed by atoms with van der Waals surface area (Å²) < 4.78 is 6.34. The molecule has 1 unspecified atom stereocenters. The van der Waals surface area contributed by atoms with Crippen LogP contribution in [0.4, 0.5) is 5.69 Å². The second kappa shape index (κ2) is 5.33. The summed E-state index contributed by atoms with van der Waals surface area (Å²) in [6, 6.07) is 15.3. The van der Waals surface area contributed by atoms with Crippen LogP contribution in [0.1, 0.15) is 23.6 Å². The molecule has 0 aromatic heterocycles. The molecular formula is C19H22N2O. The topological polar surface area (TPSA) is 15.7 Å². The number of ether oxygens (including phenoxy) is 1. The predicted molar refractivity (Wildman–Crippen MR) is 89.9 cm³/mol. The highest BCUT2D eigenvalue weighted by Crippen LogP contribution is 2.45. The molecule has 3 heteroatoms. The summed E-state index contributed by atoms with van der Waals surface area (Å²) >= 11 is 0. The first kappa shape index (κ1) is 13.6. The fraction of sp³-hybridized carbons (Fsp3) is 0.368. The first-order valence-electron chi connectivity index (χ1n) is 8.05. The van der Waals surface area contributed by atoms with E-state index in [1.807, 2.05) is 0 Å². The quantitative estimate of drug-likeness (QED) is 0.731. The number of likely N-dealkylation sites (N-methyl/N-ethyl adjacent to an activating group) is 1. The maximum Gasteiger partial charge on any atom is 0.150 e. The van der Waals surface area contributed by atoms with Crippen LogP contribution < -0.4 is 9.64 Å². The van der Waals surface area contributed by atoms with Gasteiger partial charge < -0.3 is 14.5 Å². The molecule has 2 aromatic rings. The third-order valence-corrected chi connectivity index (χ3v) is 4.79. The van der Waals surface area contributed by atoms with Gasteiger partial charge in [0.05, 0.1) is 11.7 Å². The Morgan fingerprint density at radius 3 is 2.82 bits per heavy atom. The summed E-state index contributed by atoms with van der Waals surface area (Å²) in [5.74, 6) is 2.02. The van der Waals surface area contributed by atoms with E-state index < -0.39 is 0 Å². The number of nitrogens with zero attached hydrogens (tertiary/aromatic N) is 2. The Hall–Kier alpha value is -2.00. The van der Waals surface area contributed by atoms with Crippen molar-refractivity contribution in [2.24, 2.45) is 0 Å². The number of anilines is 1. The van der Waals surface area contributed by atoms with Crippen LogP contribution in [-0.2, 0) is 0 Å². The van der Waals surface area contributed by atoms with Gasteiger partial charge in [0.15, 0.2) is 5.75 Å². The molecule has 0 bridgehead atoms. The number of hydrogen-bond donors (Lipinski definition) is 0. The fourth-order valence-corrected chi connectivity index (χ4v) is 3.67. The van der Waals surface area contributed by atoms with Crippen molar-refractivity contribution in [3.05, 3.63) is 53.6 Å². The van der Waals surface area contributed by atoms with Crippen LogP contribution >= 0.6 is 0 Å². The van der Waals surface area contributed by atoms with Crippen LogP contribution in [0.25, 0.3) is 0 Å². The third kappa shape index (κ3) is 2.17. The lowest BCUT2D eigenvalue weighted by Gasteiger charge is -2.32. The first-order valence-corrected chi connectivity index (χ1v) is 8.05. The summed E-state index contributed by atoms with van der Waals surface area (Å²) in [5, 5.41) is 0. The zero-order valence-corrected chi connectivity index (χ0v) is 13.2. The standard InChI is InChI=1S/C19H22N2O/c1-14-7-5-8-15-17-13-20(2)11-6-12-21(17)16-9-3-4-10-18(16)22-19(14)15/h3-5,7-10,17H,6,11-13H2,1-2H3. The lowest BCUT2D eigenvalue weighted by atomic mass is 10.0. The minimum absolute atomic E-state index is 0.353. The van der Waals surface area contributed by atoms with Crippen molar-refractivity contribution in [3.8, 4) is 11.5 Å². The van der Waals surface area contributed by atoms with E-state index in [0.717, 1.165) is 31.1 Å². The van der Waals surface area contributed by atoms with Crippen LogP contribution in [0.2, 0.25) is 0 Å². The molecule has 2 aromatic carbocycles. The SMILES string of the molecule is Cc1cccc2c1Oc1ccccc1N1CCCN(C)CC21. The van der Waals surface area contributed by atoms with Gasteiger partial charge in [-0.25, -0.2) is 0 Å². The van der Waals surface area contributed by atoms with Gasteiger partial charge in [-0.1, -0.05) is 30.3 Å². The number of benzene rings is 2. The van der Waals surface area contributed by atoms with Gasteiger partial charge in [-0.05, 0) is 44.6 Å². The van der Waals surface area contributed by atoms with Gasteiger partial charge in [0.25, 0.3) is 0 Å². The molecule has 1 saturated heterocycles. The highest BCUT2D eigenvalue weighted by molar-refractivity contribution is 5.65. The average molecular weight is 294 g/mol. The first-order chi connectivity index (χ1) is 10.7. The van der Waals surface area contributed by atoms with Crippen molar-refractivity contribution in [2.75, 3.05) is 31.6 Å². The molecular weight excluding hydrogens is 272 g/mol. The Morgan fingerprint density at radius 2 is 1.91 bits per heavy atom. The highest BCUT2D eigenvalue weighted by atomic mass is 16.5. The molecule has 0 saturated carbocycles. The maximum atomic E-state index is 6.34. The number of rotatable bonds is 0. The van der Waals surface area contributed by atoms with Crippen LogP contribution in [0.5, 0.6) is 11.5 Å². The normalized spacial score (nSPS) is 21.0. The molecule has 0 spiro atoms. The van der Waals surface area contributed by atoms with E-state index in [9.17, 15) is 0 Å². The van der Waals surface area contributed by atoms with E-state index in [1.165, 1.54) is 23.2 Å². The lowest BCUT2D eigenvalue weighted by molar-refractivity contribution is 0.332. The van der Waals surface area contributed by atoms with Crippen LogP contribution in [0, 0.1) is 6.92 Å². The van der Waals surface area contributed by atoms with Gasteiger partial charge in [-0.3, -0.25) is 0 Å². The molecule has 0 aliphatic carbocycles. The number of hydrogen-bond acceptors (Lipinski definition) is 3. The zero-order chi connectivity index (χ0) is 15.1. The summed E-state index contributed by atoms with van der Waals surface area (Å²) in [6.45, 7) is 5.39. The largest absolute Gasteiger partial charge is 0.455 e. The molecule has 0 amide bonds. The van der Waals surface area contributed by atoms with Crippen molar-refractivity contribution in [1.82, 2.24) is 4.90 Å². The third-order valence-electron chi connectivity index (χ3n) is 4.79. The van der Waals surface area contributed by atoms with Crippen molar-refractivity contribution in [3.63, 3.8) is 0 Å². The van der Waals surface area contributed by atoms with Gasteiger partial charge in [0.2, 0.25) is 0 Å². The lowest BCUT2D eigenvalue weighted by Crippen LogP contribution is -2.32. The van der Waals surface area contributed by atoms with Crippen LogP contribution in [0.15, 0.2) is 42.5 Å². The molecule has 114 valence electrons. The molecule has 2 aliphatic rings. The molecule has 2 aliphatic heterocycles. The number of aryl methyl sites for hydroxylation is 1. The molecule has 4 rings (SSSR count). The van der Waals surface area contributed by atoms with Crippen molar-refractivity contribution in [2.45, 2.75) is 19.4 Å². The maximum absolute atomic E-state index is 6.34. The van der Waals surface area contributed by atoms with Gasteiger partial charge >= 0.3 is 0 Å². The van der Waals surface area contributed by atoms with E-state index in [2.05, 4.69) is 66.2 Å². The monoisotopic (exact) mass is 294 g/mol. The minimum atomic E-state index is 0.353. The Labute approximate surface area is 132 Å². The Kier molecular flexibility index (Phi) is 3.30. The van der Waals surface area contributed by atoms with Crippen molar-refractivity contribution >= 4 is 5.69 Å². The molecule has 0 radical (unpaired) electrons. The Morgan fingerprint density at radius 1 is 1.05 bits per heavy atom. The second-order valence-corrected chi connectivity index (χ2v) is 6.39. The average Bonchev–Trinajstić information content (AvgIpc) is 2.78. The number of fused-ring (bicyclic) bond motifs is 5. The summed E-state index contributed by atoms with van der Waals surface area (Å²) in [6.07, 6.45) is 1.18. The Bertz CT molecular complexity index is 698. The molecule has 3 nitrogen and oxygen atoms in total. The Balaban J connectivity index is 1.93. The van der Waals surface area contributed by atoms with Crippen molar-refractivity contribution in [1.29, 1.82) is 0 Å². The summed E-state index contributed by atoms with van der Waals surface area (Å²) in [5.41, 5.74) is 3.74. The van der Waals surface area contributed by atoms with Crippen molar-refractivity contribution < 1.29 is 4.74 Å². The van der Waals surface area contributed by atoms with Gasteiger partial charge in [-0.15, -0.1) is 0 Å². The van der Waals surface area contributed by atoms with Crippen LogP contribution in [0.3, 0.4) is 0 Å². The zero-order valence-electron chi connectivity index (χ0n) is 13.2. The van der Waals surface area contributed by atoms with Gasteiger partial charge in [-0.2, -0.15) is 0 Å². The summed E-state index contributed by atoms with van der Waals surface area (Å²) in [4.78, 5) is 4.97. The molecule has 22 heavy (non-hydrogen) atoms. The number of para-hydroxylation sites is 3. The van der Waals surface area contributed by atoms with E-state index in [-0.39, 0.29) is 0 Å². The van der Waals surface area contributed by atoms with E-state index in [1.54, 1.807) is 0 Å². The molecule has 1 atom stereocenters. The smallest absolute Gasteiger partial charge is 0.150 e. The van der Waals surface area contributed by atoms with Gasteiger partial charge in [0, 0.05) is 18.7 Å². The highest BCUT2D eigenvalue weighted by Gasteiger charge is 2.32. The van der Waals surface area contributed by atoms with E-state index >= 15 is 0 Å². The molecule has 0 N–H and O–H groups in total. The van der Waals surface area contributed by atoms with Crippen LogP contribution in [-0.4, -0.2) is 31.6 Å². The molecule has 2 heterocycles. The second-order valence-electron chi connectivity index (χ2n) is 6.39. The fourth-order valence-electron chi connectivity index (χ4n) is 3.67. The van der Waals surface area contributed by atoms with E-state index in [4.69, 9.17) is 4.74 Å². The van der Waals surface area contributed by atoms with Gasteiger partial charge in [0.1, 0.15) is 5.75 Å². The molecule has 1 fully saturated rings. The summed E-state index contributed by atoms with van der Waals surface area (Å²) in [7, 11) is 2.22. The minimum Gasteiger partial charge on any atom is -0.455 e. The predicted octanol–water partition coefficient (Wildman–Crippen LogP) is 3.98.